The van der Waals surface area contributed by atoms with E-state index in [2.05, 4.69) is 10.4 Å². The van der Waals surface area contributed by atoms with Gasteiger partial charge in [0.05, 0.1) is 19.2 Å². The summed E-state index contributed by atoms with van der Waals surface area (Å²) in [6.07, 6.45) is 3.54. The van der Waals surface area contributed by atoms with Crippen molar-refractivity contribution in [3.8, 4) is 11.5 Å². The Morgan fingerprint density at radius 1 is 1.18 bits per heavy atom. The van der Waals surface area contributed by atoms with E-state index < -0.39 is 17.2 Å². The van der Waals surface area contributed by atoms with Crippen molar-refractivity contribution in [2.24, 2.45) is 0 Å². The van der Waals surface area contributed by atoms with Crippen molar-refractivity contribution in [2.45, 2.75) is 32.4 Å². The summed E-state index contributed by atoms with van der Waals surface area (Å²) < 4.78 is 29.6. The minimum Gasteiger partial charge on any atom is -0.493 e. The van der Waals surface area contributed by atoms with Gasteiger partial charge in [0, 0.05) is 11.6 Å². The molecule has 0 unspecified atom stereocenters. The number of aromatic nitrogens is 2. The molecule has 0 radical (unpaired) electrons. The van der Waals surface area contributed by atoms with Crippen molar-refractivity contribution in [1.29, 1.82) is 0 Å². The molecule has 1 amide bonds. The Morgan fingerprint density at radius 3 is 2.53 bits per heavy atom. The standard InChI is InChI=1S/C24H25ClFN3O5/c1-24(2,13-15-5-9-17(26)10-6-15)27-19(30)14-29-23(31)34-20(28-29)12-8-16-7-11-18(32-3)22(33-4)21(16)25/h5-12H,13-14H2,1-4H3,(H,27,30)/b12-8+. The molecule has 0 saturated carbocycles. The topological polar surface area (TPSA) is 95.6 Å². The molecule has 0 spiro atoms. The number of hydrogen-bond donors (Lipinski definition) is 1. The summed E-state index contributed by atoms with van der Waals surface area (Å²) in [5, 5.41) is 7.22. The molecule has 1 aromatic heterocycles. The normalized spacial score (nSPS) is 11.6. The molecule has 1 heterocycles. The first kappa shape index (κ1) is 25.0. The van der Waals surface area contributed by atoms with Gasteiger partial charge in [-0.25, -0.2) is 9.18 Å². The van der Waals surface area contributed by atoms with E-state index in [-0.39, 0.29) is 18.3 Å². The van der Waals surface area contributed by atoms with Crippen LogP contribution in [0.1, 0.15) is 30.9 Å². The van der Waals surface area contributed by atoms with E-state index in [1.807, 2.05) is 13.8 Å². The number of rotatable bonds is 9. The first-order valence-electron chi connectivity index (χ1n) is 10.3. The fourth-order valence-corrected chi connectivity index (χ4v) is 3.69. The smallest absolute Gasteiger partial charge is 0.437 e. The second-order valence-electron chi connectivity index (χ2n) is 8.14. The maximum atomic E-state index is 13.1. The second kappa shape index (κ2) is 10.6. The number of halogens is 2. The van der Waals surface area contributed by atoms with Crippen molar-refractivity contribution in [3.63, 3.8) is 0 Å². The first-order valence-corrected chi connectivity index (χ1v) is 10.7. The molecule has 0 aliphatic rings. The number of methoxy groups -OCH3 is 2. The van der Waals surface area contributed by atoms with Crippen LogP contribution >= 0.6 is 11.6 Å². The Kier molecular flexibility index (Phi) is 7.78. The summed E-state index contributed by atoms with van der Waals surface area (Å²) in [5.74, 6) is -0.652. The van der Waals surface area contributed by atoms with Gasteiger partial charge < -0.3 is 19.2 Å². The van der Waals surface area contributed by atoms with E-state index in [0.717, 1.165) is 10.2 Å². The summed E-state index contributed by atoms with van der Waals surface area (Å²) >= 11 is 6.35. The van der Waals surface area contributed by atoms with Gasteiger partial charge in [-0.3, -0.25) is 4.79 Å². The molecule has 0 saturated heterocycles. The summed E-state index contributed by atoms with van der Waals surface area (Å²) in [6.45, 7) is 3.35. The molecule has 0 aliphatic heterocycles. The second-order valence-corrected chi connectivity index (χ2v) is 8.51. The van der Waals surface area contributed by atoms with Crippen LogP contribution in [0.15, 0.2) is 45.6 Å². The minimum atomic E-state index is -0.774. The van der Waals surface area contributed by atoms with Gasteiger partial charge in [-0.1, -0.05) is 23.7 Å². The van der Waals surface area contributed by atoms with Crippen molar-refractivity contribution in [1.82, 2.24) is 15.1 Å². The van der Waals surface area contributed by atoms with Crippen LogP contribution in [0.5, 0.6) is 11.5 Å². The number of carbonyl (C=O) groups excluding carboxylic acids is 1. The molecular weight excluding hydrogens is 465 g/mol. The van der Waals surface area contributed by atoms with Gasteiger partial charge in [-0.15, -0.1) is 5.10 Å². The third kappa shape index (κ3) is 6.26. The van der Waals surface area contributed by atoms with Crippen LogP contribution in [-0.4, -0.2) is 35.4 Å². The zero-order valence-corrected chi connectivity index (χ0v) is 20.0. The molecule has 34 heavy (non-hydrogen) atoms. The van der Waals surface area contributed by atoms with Crippen LogP contribution in [0.3, 0.4) is 0 Å². The third-order valence-corrected chi connectivity index (χ3v) is 5.26. The van der Waals surface area contributed by atoms with Gasteiger partial charge in [0.15, 0.2) is 11.5 Å². The molecule has 3 rings (SSSR count). The number of nitrogens with one attached hydrogen (secondary N) is 1. The number of nitrogens with zero attached hydrogens (tertiary/aromatic N) is 2. The lowest BCUT2D eigenvalue weighted by Crippen LogP contribution is -2.47. The molecule has 0 bridgehead atoms. The Morgan fingerprint density at radius 2 is 1.88 bits per heavy atom. The van der Waals surface area contributed by atoms with E-state index in [9.17, 15) is 14.0 Å². The SMILES string of the molecule is COc1ccc(/C=C/c2nn(CC(=O)NC(C)(C)Cc3ccc(F)cc3)c(=O)o2)c(Cl)c1OC. The van der Waals surface area contributed by atoms with Crippen LogP contribution in [0.2, 0.25) is 5.02 Å². The fraction of sp³-hybridized carbons (Fsp3) is 0.292. The number of carbonyl (C=O) groups is 1. The Hall–Kier alpha value is -3.59. The van der Waals surface area contributed by atoms with Crippen LogP contribution in [0, 0.1) is 5.82 Å². The minimum absolute atomic E-state index is 0.00854. The van der Waals surface area contributed by atoms with Gasteiger partial charge in [0.1, 0.15) is 12.4 Å². The van der Waals surface area contributed by atoms with Crippen LogP contribution in [0.4, 0.5) is 4.39 Å². The number of ether oxygens (including phenoxy) is 2. The summed E-state index contributed by atoms with van der Waals surface area (Å²) in [5.41, 5.74) is 0.832. The van der Waals surface area contributed by atoms with Crippen molar-refractivity contribution in [2.75, 3.05) is 14.2 Å². The number of hydrogen-bond acceptors (Lipinski definition) is 6. The predicted octanol–water partition coefficient (Wildman–Crippen LogP) is 3.95. The van der Waals surface area contributed by atoms with Crippen LogP contribution in [0.25, 0.3) is 12.2 Å². The quantitative estimate of drug-likeness (QED) is 0.489. The van der Waals surface area contributed by atoms with Gasteiger partial charge in [0.2, 0.25) is 11.8 Å². The van der Waals surface area contributed by atoms with E-state index >= 15 is 0 Å². The van der Waals surface area contributed by atoms with Crippen molar-refractivity contribution >= 4 is 29.7 Å². The van der Waals surface area contributed by atoms with Crippen LogP contribution < -0.4 is 20.5 Å². The Bertz CT molecular complexity index is 1250. The molecule has 0 atom stereocenters. The van der Waals surface area contributed by atoms with Gasteiger partial charge in [-0.05, 0) is 61.7 Å². The van der Waals surface area contributed by atoms with Crippen LogP contribution in [-0.2, 0) is 17.8 Å². The van der Waals surface area contributed by atoms with E-state index in [1.165, 1.54) is 32.4 Å². The largest absolute Gasteiger partial charge is 0.493 e. The number of amides is 1. The molecule has 2 aromatic carbocycles. The zero-order valence-electron chi connectivity index (χ0n) is 19.2. The molecule has 180 valence electrons. The van der Waals surface area contributed by atoms with Gasteiger partial charge in [0.25, 0.3) is 0 Å². The van der Waals surface area contributed by atoms with E-state index in [0.29, 0.717) is 28.5 Å². The summed E-state index contributed by atoms with van der Waals surface area (Å²) in [6, 6.07) is 9.46. The maximum Gasteiger partial charge on any atom is 0.437 e. The molecule has 8 nitrogen and oxygen atoms in total. The number of benzene rings is 2. The molecule has 1 N–H and O–H groups in total. The predicted molar refractivity (Wildman–Crippen MR) is 127 cm³/mol. The molecule has 0 fully saturated rings. The van der Waals surface area contributed by atoms with Gasteiger partial charge >= 0.3 is 5.76 Å². The Balaban J connectivity index is 1.67. The average Bonchev–Trinajstić information content (AvgIpc) is 3.12. The molecular formula is C24H25ClFN3O5. The zero-order chi connectivity index (χ0) is 24.9. The highest BCUT2D eigenvalue weighted by atomic mass is 35.5. The lowest BCUT2D eigenvalue weighted by molar-refractivity contribution is -0.123. The molecule has 10 heteroatoms. The first-order chi connectivity index (χ1) is 16.1. The fourth-order valence-electron chi connectivity index (χ4n) is 3.39. The maximum absolute atomic E-state index is 13.1. The van der Waals surface area contributed by atoms with E-state index in [4.69, 9.17) is 25.5 Å². The summed E-state index contributed by atoms with van der Waals surface area (Å²) in [4.78, 5) is 24.7. The van der Waals surface area contributed by atoms with Crippen molar-refractivity contribution < 1.29 is 23.1 Å². The highest BCUT2D eigenvalue weighted by Crippen LogP contribution is 2.37. The van der Waals surface area contributed by atoms with Crippen molar-refractivity contribution in [3.05, 3.63) is 74.8 Å². The highest BCUT2D eigenvalue weighted by molar-refractivity contribution is 6.34. The molecule has 3 aromatic rings. The monoisotopic (exact) mass is 489 g/mol. The summed E-state index contributed by atoms with van der Waals surface area (Å²) in [7, 11) is 2.98. The third-order valence-electron chi connectivity index (χ3n) is 4.87. The molecule has 0 aliphatic carbocycles. The Labute approximate surface area is 200 Å². The lowest BCUT2D eigenvalue weighted by Gasteiger charge is -2.26. The van der Waals surface area contributed by atoms with Gasteiger partial charge in [-0.2, -0.15) is 4.68 Å². The lowest BCUT2D eigenvalue weighted by atomic mass is 9.95. The highest BCUT2D eigenvalue weighted by Gasteiger charge is 2.22. The average molecular weight is 490 g/mol. The van der Waals surface area contributed by atoms with E-state index in [1.54, 1.807) is 30.3 Å².